The van der Waals surface area contributed by atoms with E-state index >= 15 is 0 Å². The van der Waals surface area contributed by atoms with Gasteiger partial charge in [-0.3, -0.25) is 0 Å². The summed E-state index contributed by atoms with van der Waals surface area (Å²) in [5.41, 5.74) is 9.86. The quantitative estimate of drug-likeness (QED) is 0.372. The molecule has 0 bridgehead atoms. The van der Waals surface area contributed by atoms with Gasteiger partial charge in [-0.05, 0) is 53.1 Å². The largest absolute Gasteiger partial charge is 0.311 e. The van der Waals surface area contributed by atoms with Crippen molar-refractivity contribution in [2.24, 2.45) is 0 Å². The molecule has 3 nitrogen and oxygen atoms in total. The Hall–Kier alpha value is -3.40. The van der Waals surface area contributed by atoms with Gasteiger partial charge in [0.05, 0.1) is 7.11 Å². The second-order valence-electron chi connectivity index (χ2n) is 6.78. The Bertz CT molecular complexity index is 974. The van der Waals surface area contributed by atoms with E-state index in [0.29, 0.717) is 6.54 Å². The van der Waals surface area contributed by atoms with Gasteiger partial charge in [-0.15, -0.1) is 0 Å². The summed E-state index contributed by atoms with van der Waals surface area (Å²) < 4.78 is 0. The van der Waals surface area contributed by atoms with E-state index in [1.165, 1.54) is 16.7 Å². The number of para-hydroxylation sites is 2. The van der Waals surface area contributed by atoms with Gasteiger partial charge in [-0.25, -0.2) is 0 Å². The number of benzene rings is 4. The summed E-state index contributed by atoms with van der Waals surface area (Å²) >= 11 is 0. The lowest BCUT2D eigenvalue weighted by molar-refractivity contribution is 0.0867. The molecule has 0 heterocycles. The standard InChI is InChI=1S/C26H24N2O/c1-29-27-20-21-12-14-22(15-13-21)23-16-18-26(19-17-23)28(24-8-4-2-5-9-24)25-10-6-3-7-11-25/h2-19,27H,20H2,1H3. The molecule has 0 aromatic heterocycles. The van der Waals surface area contributed by atoms with Crippen LogP contribution in [0.1, 0.15) is 5.56 Å². The molecule has 0 saturated heterocycles. The van der Waals surface area contributed by atoms with Crippen LogP contribution in [0.3, 0.4) is 0 Å². The molecule has 4 aromatic carbocycles. The molecule has 144 valence electrons. The van der Waals surface area contributed by atoms with E-state index < -0.39 is 0 Å². The molecule has 29 heavy (non-hydrogen) atoms. The number of hydrogen-bond acceptors (Lipinski definition) is 3. The first-order valence-electron chi connectivity index (χ1n) is 9.70. The van der Waals surface area contributed by atoms with Crippen molar-refractivity contribution in [1.29, 1.82) is 0 Å². The minimum Gasteiger partial charge on any atom is -0.311 e. The molecule has 0 fully saturated rings. The van der Waals surface area contributed by atoms with E-state index in [-0.39, 0.29) is 0 Å². The van der Waals surface area contributed by atoms with E-state index in [9.17, 15) is 0 Å². The molecule has 0 spiro atoms. The summed E-state index contributed by atoms with van der Waals surface area (Å²) in [5, 5.41) is 0. The van der Waals surface area contributed by atoms with Gasteiger partial charge >= 0.3 is 0 Å². The molecule has 0 amide bonds. The van der Waals surface area contributed by atoms with Crippen LogP contribution < -0.4 is 10.4 Å². The highest BCUT2D eigenvalue weighted by Crippen LogP contribution is 2.35. The molecule has 0 aliphatic rings. The zero-order valence-corrected chi connectivity index (χ0v) is 16.5. The van der Waals surface area contributed by atoms with Crippen LogP contribution in [0.15, 0.2) is 109 Å². The molecule has 4 aromatic rings. The maximum absolute atomic E-state index is 4.91. The first kappa shape index (κ1) is 18.9. The Morgan fingerprint density at radius 3 is 1.52 bits per heavy atom. The molecule has 0 radical (unpaired) electrons. The summed E-state index contributed by atoms with van der Waals surface area (Å²) in [6, 6.07) is 38.1. The van der Waals surface area contributed by atoms with Crippen molar-refractivity contribution in [3.63, 3.8) is 0 Å². The van der Waals surface area contributed by atoms with Crippen LogP contribution in [0, 0.1) is 0 Å². The van der Waals surface area contributed by atoms with Gasteiger partial charge in [0.15, 0.2) is 0 Å². The van der Waals surface area contributed by atoms with Crippen LogP contribution in [0.5, 0.6) is 0 Å². The smallest absolute Gasteiger partial charge is 0.0572 e. The van der Waals surface area contributed by atoms with Crippen molar-refractivity contribution >= 4 is 17.1 Å². The number of anilines is 3. The second kappa shape index (κ2) is 9.20. The average molecular weight is 380 g/mol. The Morgan fingerprint density at radius 1 is 0.586 bits per heavy atom. The highest BCUT2D eigenvalue weighted by molar-refractivity contribution is 5.78. The second-order valence-corrected chi connectivity index (χ2v) is 6.78. The summed E-state index contributed by atoms with van der Waals surface area (Å²) in [5.74, 6) is 0. The van der Waals surface area contributed by atoms with Gasteiger partial charge in [0.1, 0.15) is 0 Å². The van der Waals surface area contributed by atoms with Crippen LogP contribution in [0.2, 0.25) is 0 Å². The maximum Gasteiger partial charge on any atom is 0.0572 e. The first-order valence-corrected chi connectivity index (χ1v) is 9.70. The Morgan fingerprint density at radius 2 is 1.03 bits per heavy atom. The van der Waals surface area contributed by atoms with Gasteiger partial charge in [-0.2, -0.15) is 5.48 Å². The predicted molar refractivity (Wildman–Crippen MR) is 120 cm³/mol. The maximum atomic E-state index is 4.91. The van der Waals surface area contributed by atoms with E-state index in [2.05, 4.69) is 107 Å². The van der Waals surface area contributed by atoms with Gasteiger partial charge in [0.2, 0.25) is 0 Å². The van der Waals surface area contributed by atoms with Gasteiger partial charge in [0.25, 0.3) is 0 Å². The fourth-order valence-electron chi connectivity index (χ4n) is 3.37. The van der Waals surface area contributed by atoms with E-state index in [1.807, 2.05) is 12.1 Å². The van der Waals surface area contributed by atoms with Crippen molar-refractivity contribution in [3.05, 3.63) is 115 Å². The molecule has 0 atom stereocenters. The van der Waals surface area contributed by atoms with Gasteiger partial charge in [-0.1, -0.05) is 72.8 Å². The monoisotopic (exact) mass is 380 g/mol. The zero-order chi connectivity index (χ0) is 19.9. The number of nitrogens with zero attached hydrogens (tertiary/aromatic N) is 1. The van der Waals surface area contributed by atoms with Crippen molar-refractivity contribution in [2.45, 2.75) is 6.54 Å². The summed E-state index contributed by atoms with van der Waals surface area (Å²) in [7, 11) is 1.63. The van der Waals surface area contributed by atoms with E-state index in [0.717, 1.165) is 17.1 Å². The van der Waals surface area contributed by atoms with Crippen LogP contribution in [0.25, 0.3) is 11.1 Å². The minimum absolute atomic E-state index is 0.693. The third-order valence-corrected chi connectivity index (χ3v) is 4.86. The fourth-order valence-corrected chi connectivity index (χ4v) is 3.37. The highest BCUT2D eigenvalue weighted by Gasteiger charge is 2.11. The number of hydrogen-bond donors (Lipinski definition) is 1. The molecule has 4 rings (SSSR count). The molecule has 1 N–H and O–H groups in total. The third-order valence-electron chi connectivity index (χ3n) is 4.86. The lowest BCUT2D eigenvalue weighted by Crippen LogP contribution is -2.10. The van der Waals surface area contributed by atoms with E-state index in [1.54, 1.807) is 7.11 Å². The number of nitrogens with one attached hydrogen (secondary N) is 1. The molecule has 3 heteroatoms. The Balaban J connectivity index is 1.62. The molecule has 0 saturated carbocycles. The predicted octanol–water partition coefficient (Wildman–Crippen LogP) is 6.47. The molecular weight excluding hydrogens is 356 g/mol. The van der Waals surface area contributed by atoms with Crippen LogP contribution in [-0.2, 0) is 11.4 Å². The summed E-state index contributed by atoms with van der Waals surface area (Å²) in [6.07, 6.45) is 0. The number of rotatable bonds is 7. The summed E-state index contributed by atoms with van der Waals surface area (Å²) in [6.45, 7) is 0.693. The van der Waals surface area contributed by atoms with Crippen molar-refractivity contribution in [3.8, 4) is 11.1 Å². The molecule has 0 aliphatic heterocycles. The highest BCUT2D eigenvalue weighted by atomic mass is 16.6. The fraction of sp³-hybridized carbons (Fsp3) is 0.0769. The first-order chi connectivity index (χ1) is 14.3. The lowest BCUT2D eigenvalue weighted by Gasteiger charge is -2.25. The normalized spacial score (nSPS) is 10.7. The van der Waals surface area contributed by atoms with E-state index in [4.69, 9.17) is 4.84 Å². The van der Waals surface area contributed by atoms with Crippen LogP contribution >= 0.6 is 0 Å². The van der Waals surface area contributed by atoms with Crippen molar-refractivity contribution in [1.82, 2.24) is 5.48 Å². The minimum atomic E-state index is 0.693. The van der Waals surface area contributed by atoms with Crippen LogP contribution in [-0.4, -0.2) is 7.11 Å². The van der Waals surface area contributed by atoms with Gasteiger partial charge in [0, 0.05) is 23.6 Å². The third kappa shape index (κ3) is 4.54. The molecule has 0 aliphatic carbocycles. The Kier molecular flexibility index (Phi) is 6.01. The topological polar surface area (TPSA) is 24.5 Å². The molecular formula is C26H24N2O. The van der Waals surface area contributed by atoms with Crippen LogP contribution in [0.4, 0.5) is 17.1 Å². The molecule has 0 unspecified atom stereocenters. The zero-order valence-electron chi connectivity index (χ0n) is 16.5. The summed E-state index contributed by atoms with van der Waals surface area (Å²) in [4.78, 5) is 7.18. The van der Waals surface area contributed by atoms with Crippen molar-refractivity contribution in [2.75, 3.05) is 12.0 Å². The lowest BCUT2D eigenvalue weighted by atomic mass is 10.0. The van der Waals surface area contributed by atoms with Crippen molar-refractivity contribution < 1.29 is 4.84 Å². The SMILES string of the molecule is CONCc1ccc(-c2ccc(N(c3ccccc3)c3ccccc3)cc2)cc1. The number of hydroxylamine groups is 1. The van der Waals surface area contributed by atoms with Gasteiger partial charge < -0.3 is 9.74 Å². The Labute approximate surface area is 172 Å². The average Bonchev–Trinajstić information content (AvgIpc) is 2.80.